The molecule has 0 saturated carbocycles. The summed E-state index contributed by atoms with van der Waals surface area (Å²) in [6, 6.07) is 2.93. The van der Waals surface area contributed by atoms with Gasteiger partial charge in [-0.2, -0.15) is 0 Å². The van der Waals surface area contributed by atoms with Crippen LogP contribution in [0.1, 0.15) is 5.69 Å². The first-order valence-corrected chi connectivity index (χ1v) is 3.73. The molecule has 0 aliphatic rings. The summed E-state index contributed by atoms with van der Waals surface area (Å²) in [7, 11) is 1.51. The molecule has 1 rings (SSSR count). The number of hydrogen-bond donors (Lipinski definition) is 2. The van der Waals surface area contributed by atoms with Crippen LogP contribution in [-0.2, 0) is 6.42 Å². The van der Waals surface area contributed by atoms with Crippen LogP contribution in [0.25, 0.3) is 0 Å². The van der Waals surface area contributed by atoms with Gasteiger partial charge in [0.1, 0.15) is 0 Å². The molecule has 0 radical (unpaired) electrons. The molecule has 4 heteroatoms. The molecule has 4 nitrogen and oxygen atoms in total. The van der Waals surface area contributed by atoms with Crippen LogP contribution in [0.4, 0.5) is 0 Å². The zero-order valence-corrected chi connectivity index (χ0v) is 6.96. The average Bonchev–Trinajstić information content (AvgIpc) is 2.04. The predicted octanol–water partition coefficient (Wildman–Crippen LogP) is -0.115. The van der Waals surface area contributed by atoms with Crippen molar-refractivity contribution in [3.05, 3.63) is 28.0 Å². The van der Waals surface area contributed by atoms with Gasteiger partial charge in [0.05, 0.1) is 7.11 Å². The number of H-pyrrole nitrogens is 1. The molecule has 66 valence electrons. The van der Waals surface area contributed by atoms with Crippen molar-refractivity contribution in [2.45, 2.75) is 6.42 Å². The summed E-state index contributed by atoms with van der Waals surface area (Å²) in [5.74, 6) is 0.478. The molecular formula is C8H12N2O2. The van der Waals surface area contributed by atoms with Gasteiger partial charge in [-0.15, -0.1) is 0 Å². The summed E-state index contributed by atoms with van der Waals surface area (Å²) < 4.78 is 4.89. The minimum absolute atomic E-state index is 0.0611. The van der Waals surface area contributed by atoms with Crippen molar-refractivity contribution in [2.24, 2.45) is 5.73 Å². The van der Waals surface area contributed by atoms with Crippen LogP contribution < -0.4 is 15.9 Å². The van der Waals surface area contributed by atoms with Crippen LogP contribution in [0.15, 0.2) is 16.9 Å². The second-order valence-corrected chi connectivity index (χ2v) is 2.45. The Kier molecular flexibility index (Phi) is 2.88. The molecule has 0 spiro atoms. The Balaban J connectivity index is 2.98. The van der Waals surface area contributed by atoms with Crippen LogP contribution in [0.2, 0.25) is 0 Å². The summed E-state index contributed by atoms with van der Waals surface area (Å²) in [6.07, 6.45) is 0.659. The Hall–Kier alpha value is -1.29. The summed E-state index contributed by atoms with van der Waals surface area (Å²) in [6.45, 7) is 0.517. The standard InChI is InChI=1S/C8H12N2O2/c1-12-8-5-7(11)4-6(10-8)2-3-9/h4-5H,2-3,9H2,1H3,(H,10,11). The van der Waals surface area contributed by atoms with E-state index in [1.807, 2.05) is 0 Å². The van der Waals surface area contributed by atoms with Gasteiger partial charge in [0.2, 0.25) is 0 Å². The van der Waals surface area contributed by atoms with E-state index in [4.69, 9.17) is 10.5 Å². The second kappa shape index (κ2) is 3.92. The molecule has 1 aromatic heterocycles. The van der Waals surface area contributed by atoms with Gasteiger partial charge in [0, 0.05) is 17.8 Å². The van der Waals surface area contributed by atoms with Crippen molar-refractivity contribution < 1.29 is 4.74 Å². The smallest absolute Gasteiger partial charge is 0.194 e. The molecule has 1 heterocycles. The third-order valence-corrected chi connectivity index (χ3v) is 1.51. The molecule has 1 aromatic rings. The summed E-state index contributed by atoms with van der Waals surface area (Å²) in [5.41, 5.74) is 6.09. The first-order chi connectivity index (χ1) is 5.76. The summed E-state index contributed by atoms with van der Waals surface area (Å²) >= 11 is 0. The Bertz CT molecular complexity index is 306. The van der Waals surface area contributed by atoms with Gasteiger partial charge in [0.25, 0.3) is 0 Å². The molecule has 0 bridgehead atoms. The Morgan fingerprint density at radius 1 is 1.58 bits per heavy atom. The lowest BCUT2D eigenvalue weighted by Gasteiger charge is -2.02. The fraction of sp³-hybridized carbons (Fsp3) is 0.375. The fourth-order valence-corrected chi connectivity index (χ4v) is 0.973. The van der Waals surface area contributed by atoms with Crippen LogP contribution in [-0.4, -0.2) is 18.6 Å². The van der Waals surface area contributed by atoms with E-state index in [0.717, 1.165) is 5.69 Å². The van der Waals surface area contributed by atoms with Crippen LogP contribution in [0, 0.1) is 0 Å². The van der Waals surface area contributed by atoms with Crippen molar-refractivity contribution in [3.8, 4) is 5.88 Å². The van der Waals surface area contributed by atoms with E-state index in [1.54, 1.807) is 0 Å². The lowest BCUT2D eigenvalue weighted by molar-refractivity contribution is 0.396. The summed E-state index contributed by atoms with van der Waals surface area (Å²) in [4.78, 5) is 13.9. The maximum absolute atomic E-state index is 11.0. The van der Waals surface area contributed by atoms with E-state index in [0.29, 0.717) is 18.8 Å². The zero-order valence-electron chi connectivity index (χ0n) is 6.96. The number of nitrogens with one attached hydrogen (secondary N) is 1. The topological polar surface area (TPSA) is 68.1 Å². The van der Waals surface area contributed by atoms with Crippen molar-refractivity contribution in [1.29, 1.82) is 0 Å². The van der Waals surface area contributed by atoms with Crippen molar-refractivity contribution >= 4 is 0 Å². The van der Waals surface area contributed by atoms with E-state index in [2.05, 4.69) is 4.98 Å². The average molecular weight is 168 g/mol. The highest BCUT2D eigenvalue weighted by Crippen LogP contribution is 2.02. The lowest BCUT2D eigenvalue weighted by atomic mass is 10.3. The number of ether oxygens (including phenoxy) is 1. The molecule has 0 aromatic carbocycles. The maximum Gasteiger partial charge on any atom is 0.194 e. The molecule has 0 amide bonds. The van der Waals surface area contributed by atoms with Gasteiger partial charge in [-0.1, -0.05) is 0 Å². The largest absolute Gasteiger partial charge is 0.482 e. The molecule has 0 aliphatic carbocycles. The second-order valence-electron chi connectivity index (χ2n) is 2.45. The van der Waals surface area contributed by atoms with E-state index in [9.17, 15) is 4.79 Å². The molecule has 0 fully saturated rings. The van der Waals surface area contributed by atoms with Crippen LogP contribution in [0.5, 0.6) is 5.88 Å². The number of hydrogen-bond acceptors (Lipinski definition) is 3. The van der Waals surface area contributed by atoms with Gasteiger partial charge in [-0.05, 0) is 13.0 Å². The van der Waals surface area contributed by atoms with Gasteiger partial charge in [0.15, 0.2) is 11.3 Å². The van der Waals surface area contributed by atoms with E-state index in [1.165, 1.54) is 19.2 Å². The van der Waals surface area contributed by atoms with Gasteiger partial charge in [-0.3, -0.25) is 4.79 Å². The maximum atomic E-state index is 11.0. The molecule has 3 N–H and O–H groups in total. The number of aromatic amines is 1. The van der Waals surface area contributed by atoms with E-state index in [-0.39, 0.29) is 5.43 Å². The Morgan fingerprint density at radius 2 is 2.33 bits per heavy atom. The molecule has 12 heavy (non-hydrogen) atoms. The third kappa shape index (κ3) is 2.10. The van der Waals surface area contributed by atoms with Crippen LogP contribution >= 0.6 is 0 Å². The van der Waals surface area contributed by atoms with Crippen molar-refractivity contribution in [2.75, 3.05) is 13.7 Å². The predicted molar refractivity (Wildman–Crippen MR) is 46.4 cm³/mol. The first-order valence-electron chi connectivity index (χ1n) is 3.73. The monoisotopic (exact) mass is 168 g/mol. The third-order valence-electron chi connectivity index (χ3n) is 1.51. The molecule has 0 aliphatic heterocycles. The fourth-order valence-electron chi connectivity index (χ4n) is 0.973. The molecule has 0 unspecified atom stereocenters. The minimum atomic E-state index is -0.0611. The molecular weight excluding hydrogens is 156 g/mol. The quantitative estimate of drug-likeness (QED) is 0.661. The highest BCUT2D eigenvalue weighted by Gasteiger charge is 1.97. The summed E-state index contributed by atoms with van der Waals surface area (Å²) in [5, 5.41) is 0. The molecule has 0 atom stereocenters. The normalized spacial score (nSPS) is 9.83. The SMILES string of the molecule is COc1cc(=O)cc(CCN)[nH]1. The lowest BCUT2D eigenvalue weighted by Crippen LogP contribution is -2.09. The number of methoxy groups -OCH3 is 1. The number of pyridine rings is 1. The van der Waals surface area contributed by atoms with Crippen molar-refractivity contribution in [3.63, 3.8) is 0 Å². The highest BCUT2D eigenvalue weighted by atomic mass is 16.5. The minimum Gasteiger partial charge on any atom is -0.482 e. The first kappa shape index (κ1) is 8.80. The number of aromatic nitrogens is 1. The van der Waals surface area contributed by atoms with E-state index >= 15 is 0 Å². The van der Waals surface area contributed by atoms with E-state index < -0.39 is 0 Å². The highest BCUT2D eigenvalue weighted by molar-refractivity contribution is 5.16. The number of rotatable bonds is 3. The van der Waals surface area contributed by atoms with Gasteiger partial charge in [-0.25, -0.2) is 0 Å². The number of nitrogens with two attached hydrogens (primary N) is 1. The molecule has 0 saturated heterocycles. The Labute approximate surface area is 70.4 Å². The Morgan fingerprint density at radius 3 is 2.92 bits per heavy atom. The van der Waals surface area contributed by atoms with Gasteiger partial charge >= 0.3 is 0 Å². The zero-order chi connectivity index (χ0) is 8.97. The van der Waals surface area contributed by atoms with Gasteiger partial charge < -0.3 is 15.5 Å². The van der Waals surface area contributed by atoms with Crippen LogP contribution in [0.3, 0.4) is 0 Å². The van der Waals surface area contributed by atoms with Crippen molar-refractivity contribution in [1.82, 2.24) is 4.98 Å².